The van der Waals surface area contributed by atoms with Crippen LogP contribution in [0.1, 0.15) is 19.3 Å². The van der Waals surface area contributed by atoms with E-state index in [9.17, 15) is 4.79 Å². The number of ketones is 1. The highest BCUT2D eigenvalue weighted by molar-refractivity contribution is 5.90. The molecule has 0 saturated carbocycles. The SMILES string of the molecule is O=C1C=CN[C@@H](CCCO)C1. The lowest BCUT2D eigenvalue weighted by Gasteiger charge is -2.18. The first-order valence-corrected chi connectivity index (χ1v) is 3.89. The lowest BCUT2D eigenvalue weighted by molar-refractivity contribution is -0.115. The van der Waals surface area contributed by atoms with Gasteiger partial charge in [-0.3, -0.25) is 4.79 Å². The summed E-state index contributed by atoms with van der Waals surface area (Å²) >= 11 is 0. The minimum atomic E-state index is 0.173. The van der Waals surface area contributed by atoms with Gasteiger partial charge in [-0.1, -0.05) is 0 Å². The third-order valence-electron chi connectivity index (χ3n) is 1.76. The standard InChI is InChI=1S/C8H13NO2/c10-5-1-2-7-6-8(11)3-4-9-7/h3-4,7,9-10H,1-2,5-6H2/t7-/m0/s1. The number of nitrogens with one attached hydrogen (secondary N) is 1. The van der Waals surface area contributed by atoms with Crippen LogP contribution in [0.3, 0.4) is 0 Å². The molecule has 62 valence electrons. The highest BCUT2D eigenvalue weighted by atomic mass is 16.2. The van der Waals surface area contributed by atoms with Gasteiger partial charge in [-0.15, -0.1) is 0 Å². The van der Waals surface area contributed by atoms with Gasteiger partial charge in [0.25, 0.3) is 0 Å². The molecule has 11 heavy (non-hydrogen) atoms. The average Bonchev–Trinajstić information content (AvgIpc) is 2.01. The van der Waals surface area contributed by atoms with Gasteiger partial charge in [0, 0.05) is 25.3 Å². The number of hydrogen-bond acceptors (Lipinski definition) is 3. The molecule has 1 rings (SSSR count). The highest BCUT2D eigenvalue weighted by Crippen LogP contribution is 2.06. The highest BCUT2D eigenvalue weighted by Gasteiger charge is 2.13. The molecule has 3 nitrogen and oxygen atoms in total. The summed E-state index contributed by atoms with van der Waals surface area (Å²) in [4.78, 5) is 10.8. The summed E-state index contributed by atoms with van der Waals surface area (Å²) in [7, 11) is 0. The van der Waals surface area contributed by atoms with Gasteiger partial charge in [0.05, 0.1) is 0 Å². The van der Waals surface area contributed by atoms with Crippen LogP contribution in [0.5, 0.6) is 0 Å². The van der Waals surface area contributed by atoms with Crippen LogP contribution in [0.4, 0.5) is 0 Å². The summed E-state index contributed by atoms with van der Waals surface area (Å²) in [5.41, 5.74) is 0. The van der Waals surface area contributed by atoms with E-state index in [1.807, 2.05) is 0 Å². The summed E-state index contributed by atoms with van der Waals surface area (Å²) in [6.07, 6.45) is 5.44. The van der Waals surface area contributed by atoms with Gasteiger partial charge >= 0.3 is 0 Å². The monoisotopic (exact) mass is 155 g/mol. The largest absolute Gasteiger partial charge is 0.396 e. The topological polar surface area (TPSA) is 49.3 Å². The zero-order valence-corrected chi connectivity index (χ0v) is 6.42. The molecule has 2 N–H and O–H groups in total. The Morgan fingerprint density at radius 3 is 3.18 bits per heavy atom. The number of carbonyl (C=O) groups is 1. The minimum absolute atomic E-state index is 0.173. The first kappa shape index (κ1) is 8.27. The van der Waals surface area contributed by atoms with Crippen molar-refractivity contribution in [2.75, 3.05) is 6.61 Å². The molecule has 0 saturated heterocycles. The number of carbonyl (C=O) groups excluding carboxylic acids is 1. The van der Waals surface area contributed by atoms with Gasteiger partial charge < -0.3 is 10.4 Å². The molecule has 0 unspecified atom stereocenters. The molecule has 0 aromatic heterocycles. The zero-order valence-electron chi connectivity index (χ0n) is 6.42. The smallest absolute Gasteiger partial charge is 0.159 e. The van der Waals surface area contributed by atoms with Crippen LogP contribution in [0.25, 0.3) is 0 Å². The lowest BCUT2D eigenvalue weighted by Crippen LogP contribution is -2.30. The lowest BCUT2D eigenvalue weighted by atomic mass is 10.0. The van der Waals surface area contributed by atoms with Crippen molar-refractivity contribution >= 4 is 5.78 Å². The maximum atomic E-state index is 10.8. The molecular formula is C8H13NO2. The van der Waals surface area contributed by atoms with Crippen molar-refractivity contribution in [2.45, 2.75) is 25.3 Å². The Hall–Kier alpha value is -0.830. The van der Waals surface area contributed by atoms with E-state index in [-0.39, 0.29) is 18.4 Å². The quantitative estimate of drug-likeness (QED) is 0.612. The van der Waals surface area contributed by atoms with Crippen LogP contribution in [-0.2, 0) is 4.79 Å². The molecule has 0 spiro atoms. The van der Waals surface area contributed by atoms with Gasteiger partial charge in [-0.25, -0.2) is 0 Å². The number of rotatable bonds is 3. The first-order valence-electron chi connectivity index (χ1n) is 3.89. The summed E-state index contributed by atoms with van der Waals surface area (Å²) in [6, 6.07) is 0.236. The summed E-state index contributed by atoms with van der Waals surface area (Å²) in [5.74, 6) is 0.173. The zero-order chi connectivity index (χ0) is 8.10. The molecule has 0 aliphatic carbocycles. The molecule has 0 radical (unpaired) electrons. The van der Waals surface area contributed by atoms with Crippen molar-refractivity contribution in [2.24, 2.45) is 0 Å². The molecule has 1 aliphatic heterocycles. The Morgan fingerprint density at radius 2 is 2.55 bits per heavy atom. The Balaban J connectivity index is 2.26. The average molecular weight is 155 g/mol. The third-order valence-corrected chi connectivity index (χ3v) is 1.76. The Morgan fingerprint density at radius 1 is 1.73 bits per heavy atom. The summed E-state index contributed by atoms with van der Waals surface area (Å²) < 4.78 is 0. The fourth-order valence-electron chi connectivity index (χ4n) is 1.17. The van der Waals surface area contributed by atoms with Crippen LogP contribution in [-0.4, -0.2) is 23.5 Å². The normalized spacial score (nSPS) is 23.4. The fourth-order valence-corrected chi connectivity index (χ4v) is 1.17. The molecule has 1 atom stereocenters. The number of allylic oxidation sites excluding steroid dienone is 1. The maximum Gasteiger partial charge on any atom is 0.159 e. The molecule has 0 amide bonds. The second-order valence-electron chi connectivity index (χ2n) is 2.73. The van der Waals surface area contributed by atoms with E-state index in [0.717, 1.165) is 12.8 Å². The van der Waals surface area contributed by atoms with Gasteiger partial charge in [-0.2, -0.15) is 0 Å². The maximum absolute atomic E-state index is 10.8. The van der Waals surface area contributed by atoms with E-state index in [2.05, 4.69) is 5.32 Å². The second-order valence-corrected chi connectivity index (χ2v) is 2.73. The van der Waals surface area contributed by atoms with Crippen molar-refractivity contribution in [1.29, 1.82) is 0 Å². The molecule has 0 aromatic carbocycles. The fraction of sp³-hybridized carbons (Fsp3) is 0.625. The first-order chi connectivity index (χ1) is 5.33. The number of aliphatic hydroxyl groups is 1. The van der Waals surface area contributed by atoms with Crippen molar-refractivity contribution < 1.29 is 9.90 Å². The minimum Gasteiger partial charge on any atom is -0.396 e. The van der Waals surface area contributed by atoms with Crippen molar-refractivity contribution in [3.8, 4) is 0 Å². The van der Waals surface area contributed by atoms with E-state index < -0.39 is 0 Å². The number of hydrogen-bond donors (Lipinski definition) is 2. The molecule has 1 heterocycles. The van der Waals surface area contributed by atoms with Gasteiger partial charge in [0.1, 0.15) is 0 Å². The van der Waals surface area contributed by atoms with Crippen LogP contribution in [0, 0.1) is 0 Å². The van der Waals surface area contributed by atoms with Crippen molar-refractivity contribution in [1.82, 2.24) is 5.32 Å². The van der Waals surface area contributed by atoms with Crippen LogP contribution in [0.15, 0.2) is 12.3 Å². The van der Waals surface area contributed by atoms with Crippen LogP contribution in [0.2, 0.25) is 0 Å². The Labute approximate surface area is 66.1 Å². The van der Waals surface area contributed by atoms with Crippen molar-refractivity contribution in [3.63, 3.8) is 0 Å². The van der Waals surface area contributed by atoms with Gasteiger partial charge in [0.2, 0.25) is 0 Å². The molecule has 0 fully saturated rings. The predicted molar refractivity (Wildman–Crippen MR) is 42.0 cm³/mol. The van der Waals surface area contributed by atoms with E-state index in [1.165, 1.54) is 0 Å². The molecule has 0 bridgehead atoms. The molecule has 0 aromatic rings. The van der Waals surface area contributed by atoms with Crippen molar-refractivity contribution in [3.05, 3.63) is 12.3 Å². The van der Waals surface area contributed by atoms with E-state index in [0.29, 0.717) is 6.42 Å². The Bertz CT molecular complexity index is 165. The van der Waals surface area contributed by atoms with Gasteiger partial charge in [0.15, 0.2) is 5.78 Å². The number of aliphatic hydroxyl groups excluding tert-OH is 1. The van der Waals surface area contributed by atoms with Crippen LogP contribution < -0.4 is 5.32 Å². The summed E-state index contributed by atoms with van der Waals surface area (Å²) in [5, 5.41) is 11.6. The second kappa shape index (κ2) is 4.13. The van der Waals surface area contributed by atoms with E-state index >= 15 is 0 Å². The van der Waals surface area contributed by atoms with E-state index in [4.69, 9.17) is 5.11 Å². The van der Waals surface area contributed by atoms with Gasteiger partial charge in [-0.05, 0) is 18.9 Å². The molecular weight excluding hydrogens is 142 g/mol. The summed E-state index contributed by atoms with van der Waals surface area (Å²) in [6.45, 7) is 0.204. The van der Waals surface area contributed by atoms with Crippen LogP contribution >= 0.6 is 0 Å². The van der Waals surface area contributed by atoms with E-state index in [1.54, 1.807) is 12.3 Å². The predicted octanol–water partition coefficient (Wildman–Crippen LogP) is 0.204. The third kappa shape index (κ3) is 2.72. The molecule has 3 heteroatoms. The molecule has 1 aliphatic rings. The Kier molecular flexibility index (Phi) is 3.11.